The highest BCUT2D eigenvalue weighted by Gasteiger charge is 2.35. The number of halogens is 2. The Labute approximate surface area is 215 Å². The Morgan fingerprint density at radius 2 is 1.68 bits per heavy atom. The number of hydrogen-bond acceptors (Lipinski definition) is 5. The van der Waals surface area contributed by atoms with Gasteiger partial charge in [0.15, 0.2) is 11.5 Å². The Hall–Kier alpha value is -2.74. The van der Waals surface area contributed by atoms with Crippen LogP contribution in [0, 0.1) is 0 Å². The summed E-state index contributed by atoms with van der Waals surface area (Å²) in [5.74, 6) is 0.818. The van der Waals surface area contributed by atoms with Crippen molar-refractivity contribution in [2.24, 2.45) is 0 Å². The molecule has 8 heteroatoms. The Bertz CT molecular complexity index is 1230. The molecule has 0 atom stereocenters. The van der Waals surface area contributed by atoms with Gasteiger partial charge in [0.05, 0.1) is 18.1 Å². The molecular formula is C26H21BrClNO4S. The third kappa shape index (κ3) is 5.84. The molecule has 0 N–H and O–H groups in total. The molecule has 2 amide bonds. The SMILES string of the molecule is CCOc1cc(/C=C2\SC(=O)N(Cc3ccc(Cl)cc3)C2=O)c(Br)cc1OCc1ccccc1. The first kappa shape index (κ1) is 24.4. The number of rotatable bonds is 8. The van der Waals surface area contributed by atoms with E-state index in [1.54, 1.807) is 36.4 Å². The molecule has 0 aliphatic carbocycles. The van der Waals surface area contributed by atoms with Gasteiger partial charge in [-0.05, 0) is 65.7 Å². The molecule has 3 aromatic rings. The Balaban J connectivity index is 1.55. The highest BCUT2D eigenvalue weighted by Crippen LogP contribution is 2.39. The zero-order valence-corrected chi connectivity index (χ0v) is 21.5. The van der Waals surface area contributed by atoms with E-state index in [1.165, 1.54) is 4.90 Å². The monoisotopic (exact) mass is 557 g/mol. The molecule has 5 nitrogen and oxygen atoms in total. The molecule has 1 aliphatic heterocycles. The van der Waals surface area contributed by atoms with E-state index in [2.05, 4.69) is 15.9 Å². The van der Waals surface area contributed by atoms with E-state index in [-0.39, 0.29) is 17.7 Å². The van der Waals surface area contributed by atoms with Crippen molar-refractivity contribution >= 4 is 56.5 Å². The number of carbonyl (C=O) groups is 2. The number of nitrogens with zero attached hydrogens (tertiary/aromatic N) is 1. The smallest absolute Gasteiger partial charge is 0.293 e. The van der Waals surface area contributed by atoms with Gasteiger partial charge in [-0.15, -0.1) is 0 Å². The van der Waals surface area contributed by atoms with Crippen LogP contribution in [-0.4, -0.2) is 22.7 Å². The number of hydrogen-bond donors (Lipinski definition) is 0. The molecule has 1 saturated heterocycles. The van der Waals surface area contributed by atoms with Crippen molar-refractivity contribution in [2.75, 3.05) is 6.61 Å². The van der Waals surface area contributed by atoms with E-state index in [1.807, 2.05) is 43.3 Å². The Morgan fingerprint density at radius 1 is 0.971 bits per heavy atom. The topological polar surface area (TPSA) is 55.8 Å². The molecule has 0 saturated carbocycles. The molecule has 0 bridgehead atoms. The van der Waals surface area contributed by atoms with Crippen molar-refractivity contribution in [1.29, 1.82) is 0 Å². The quantitative estimate of drug-likeness (QED) is 0.271. The second kappa shape index (κ2) is 11.1. The second-order valence-electron chi connectivity index (χ2n) is 7.42. The third-order valence-electron chi connectivity index (χ3n) is 5.01. The molecule has 4 rings (SSSR count). The predicted octanol–water partition coefficient (Wildman–Crippen LogP) is 7.32. The van der Waals surface area contributed by atoms with Crippen LogP contribution in [0.3, 0.4) is 0 Å². The zero-order valence-electron chi connectivity index (χ0n) is 18.3. The van der Waals surface area contributed by atoms with Gasteiger partial charge < -0.3 is 9.47 Å². The van der Waals surface area contributed by atoms with Gasteiger partial charge in [-0.3, -0.25) is 14.5 Å². The molecule has 34 heavy (non-hydrogen) atoms. The fraction of sp³-hybridized carbons (Fsp3) is 0.154. The lowest BCUT2D eigenvalue weighted by molar-refractivity contribution is -0.123. The van der Waals surface area contributed by atoms with Crippen LogP contribution < -0.4 is 9.47 Å². The van der Waals surface area contributed by atoms with E-state index >= 15 is 0 Å². The van der Waals surface area contributed by atoms with Crippen LogP contribution in [0.1, 0.15) is 23.6 Å². The van der Waals surface area contributed by atoms with Crippen molar-refractivity contribution in [3.05, 3.63) is 97.8 Å². The Kier molecular flexibility index (Phi) is 7.98. The second-order valence-corrected chi connectivity index (χ2v) is 9.71. The summed E-state index contributed by atoms with van der Waals surface area (Å²) in [7, 11) is 0. The van der Waals surface area contributed by atoms with E-state index in [4.69, 9.17) is 21.1 Å². The first-order chi connectivity index (χ1) is 16.4. The van der Waals surface area contributed by atoms with Gasteiger partial charge in [0.25, 0.3) is 11.1 Å². The standard InChI is InChI=1S/C26H21BrClNO4S/c1-2-32-22-12-19(21(27)14-23(22)33-16-18-6-4-3-5-7-18)13-24-25(30)29(26(31)34-24)15-17-8-10-20(28)11-9-17/h3-14H,2,15-16H2,1H3/b24-13-. The largest absolute Gasteiger partial charge is 0.490 e. The van der Waals surface area contributed by atoms with Gasteiger partial charge in [-0.1, -0.05) is 70.0 Å². The average Bonchev–Trinajstić information content (AvgIpc) is 3.09. The zero-order chi connectivity index (χ0) is 24.1. The summed E-state index contributed by atoms with van der Waals surface area (Å²) in [5.41, 5.74) is 2.58. The molecule has 0 spiro atoms. The molecule has 174 valence electrons. The normalized spacial score (nSPS) is 14.7. The minimum absolute atomic E-state index is 0.191. The maximum Gasteiger partial charge on any atom is 0.293 e. The molecule has 0 radical (unpaired) electrons. The van der Waals surface area contributed by atoms with E-state index in [9.17, 15) is 9.59 Å². The summed E-state index contributed by atoms with van der Waals surface area (Å²) in [6.07, 6.45) is 1.69. The van der Waals surface area contributed by atoms with Crippen LogP contribution in [0.15, 0.2) is 76.1 Å². The first-order valence-electron chi connectivity index (χ1n) is 10.6. The van der Waals surface area contributed by atoms with Crippen molar-refractivity contribution in [3.63, 3.8) is 0 Å². The summed E-state index contributed by atoms with van der Waals surface area (Å²) >= 11 is 10.4. The van der Waals surface area contributed by atoms with Gasteiger partial charge in [0, 0.05) is 9.50 Å². The highest BCUT2D eigenvalue weighted by molar-refractivity contribution is 9.10. The number of ether oxygens (including phenoxy) is 2. The van der Waals surface area contributed by atoms with E-state index < -0.39 is 0 Å². The van der Waals surface area contributed by atoms with Crippen LogP contribution in [0.2, 0.25) is 5.02 Å². The van der Waals surface area contributed by atoms with Crippen LogP contribution in [-0.2, 0) is 17.9 Å². The van der Waals surface area contributed by atoms with Crippen LogP contribution in [0.4, 0.5) is 4.79 Å². The summed E-state index contributed by atoms with van der Waals surface area (Å²) in [5, 5.41) is 0.291. The van der Waals surface area contributed by atoms with Gasteiger partial charge >= 0.3 is 0 Å². The highest BCUT2D eigenvalue weighted by atomic mass is 79.9. The molecule has 3 aromatic carbocycles. The number of carbonyl (C=O) groups excluding carboxylic acids is 2. The van der Waals surface area contributed by atoms with Crippen LogP contribution >= 0.6 is 39.3 Å². The minimum atomic E-state index is -0.334. The fourth-order valence-corrected chi connectivity index (χ4v) is 4.72. The summed E-state index contributed by atoms with van der Waals surface area (Å²) in [6.45, 7) is 2.94. The lowest BCUT2D eigenvalue weighted by Gasteiger charge is -2.14. The molecule has 1 fully saturated rings. The summed E-state index contributed by atoms with van der Waals surface area (Å²) in [4.78, 5) is 27.1. The van der Waals surface area contributed by atoms with Crippen molar-refractivity contribution in [3.8, 4) is 11.5 Å². The van der Waals surface area contributed by atoms with Gasteiger partial charge in [0.2, 0.25) is 0 Å². The molecule has 0 unspecified atom stereocenters. The fourth-order valence-electron chi connectivity index (χ4n) is 3.33. The van der Waals surface area contributed by atoms with Crippen molar-refractivity contribution < 1.29 is 19.1 Å². The predicted molar refractivity (Wildman–Crippen MR) is 139 cm³/mol. The molecule has 0 aromatic heterocycles. The number of thioether (sulfide) groups is 1. The summed E-state index contributed by atoms with van der Waals surface area (Å²) in [6, 6.07) is 20.6. The van der Waals surface area contributed by atoms with Crippen molar-refractivity contribution in [2.45, 2.75) is 20.1 Å². The maximum atomic E-state index is 13.0. The number of amides is 2. The molecule has 1 heterocycles. The number of imide groups is 1. The molecular weight excluding hydrogens is 538 g/mol. The lowest BCUT2D eigenvalue weighted by Crippen LogP contribution is -2.27. The van der Waals surface area contributed by atoms with E-state index in [0.29, 0.717) is 40.2 Å². The van der Waals surface area contributed by atoms with Crippen LogP contribution in [0.5, 0.6) is 11.5 Å². The van der Waals surface area contributed by atoms with Gasteiger partial charge in [0.1, 0.15) is 6.61 Å². The van der Waals surface area contributed by atoms with E-state index in [0.717, 1.165) is 27.4 Å². The Morgan fingerprint density at radius 3 is 2.38 bits per heavy atom. The van der Waals surface area contributed by atoms with Crippen LogP contribution in [0.25, 0.3) is 6.08 Å². The van der Waals surface area contributed by atoms with Gasteiger partial charge in [-0.25, -0.2) is 0 Å². The molecule has 1 aliphatic rings. The lowest BCUT2D eigenvalue weighted by atomic mass is 10.1. The van der Waals surface area contributed by atoms with Gasteiger partial charge in [-0.2, -0.15) is 0 Å². The average molecular weight is 559 g/mol. The summed E-state index contributed by atoms with van der Waals surface area (Å²) < 4.78 is 12.5. The number of benzene rings is 3. The third-order valence-corrected chi connectivity index (χ3v) is 6.86. The first-order valence-corrected chi connectivity index (χ1v) is 12.6. The maximum absolute atomic E-state index is 13.0. The minimum Gasteiger partial charge on any atom is -0.490 e. The van der Waals surface area contributed by atoms with Crippen molar-refractivity contribution in [1.82, 2.24) is 4.90 Å².